The van der Waals surface area contributed by atoms with Crippen molar-refractivity contribution in [1.29, 1.82) is 5.26 Å². The minimum Gasteiger partial charge on any atom is -0.462 e. The largest absolute Gasteiger partial charge is 0.462 e. The fourth-order valence-electron chi connectivity index (χ4n) is 1.41. The van der Waals surface area contributed by atoms with Gasteiger partial charge in [0, 0.05) is 12.3 Å². The van der Waals surface area contributed by atoms with Crippen molar-refractivity contribution < 1.29 is 14.5 Å². The number of carbonyl (C=O) groups excluding carboxylic acids is 1. The lowest BCUT2D eigenvalue weighted by molar-refractivity contribution is -0.384. The first kappa shape index (κ1) is 15.2. The standard InChI is InChI=1S/C13H13N3O4/c1-3-20-13(17)10(7-14)8-15-11-5-4-9(2)6-12(11)16(18)19/h4-6,8,15H,3H2,1-2H3/b10-8+. The van der Waals surface area contributed by atoms with E-state index in [4.69, 9.17) is 5.26 Å². The Hall–Kier alpha value is -2.88. The van der Waals surface area contributed by atoms with Crippen molar-refractivity contribution in [2.45, 2.75) is 13.8 Å². The predicted molar refractivity (Wildman–Crippen MR) is 71.8 cm³/mol. The first-order valence-electron chi connectivity index (χ1n) is 5.78. The van der Waals surface area contributed by atoms with E-state index in [-0.39, 0.29) is 23.6 Å². The molecule has 20 heavy (non-hydrogen) atoms. The Balaban J connectivity index is 3.02. The molecule has 0 unspecified atom stereocenters. The minimum atomic E-state index is -0.780. The summed E-state index contributed by atoms with van der Waals surface area (Å²) in [5, 5.41) is 22.3. The highest BCUT2D eigenvalue weighted by Crippen LogP contribution is 2.25. The molecular weight excluding hydrogens is 262 g/mol. The van der Waals surface area contributed by atoms with E-state index in [0.29, 0.717) is 0 Å². The maximum atomic E-state index is 11.4. The van der Waals surface area contributed by atoms with Crippen LogP contribution in [-0.4, -0.2) is 17.5 Å². The fraction of sp³-hybridized carbons (Fsp3) is 0.231. The van der Waals surface area contributed by atoms with E-state index in [2.05, 4.69) is 10.1 Å². The molecule has 104 valence electrons. The summed E-state index contributed by atoms with van der Waals surface area (Å²) in [6.07, 6.45) is 1.09. The summed E-state index contributed by atoms with van der Waals surface area (Å²) < 4.78 is 4.68. The van der Waals surface area contributed by atoms with Crippen molar-refractivity contribution >= 4 is 17.3 Å². The summed E-state index contributed by atoms with van der Waals surface area (Å²) in [6, 6.07) is 6.25. The van der Waals surface area contributed by atoms with Gasteiger partial charge in [0.1, 0.15) is 11.8 Å². The van der Waals surface area contributed by atoms with Crippen LogP contribution in [0.3, 0.4) is 0 Å². The summed E-state index contributed by atoms with van der Waals surface area (Å²) in [7, 11) is 0. The van der Waals surface area contributed by atoms with Crippen LogP contribution in [0, 0.1) is 28.4 Å². The van der Waals surface area contributed by atoms with Crippen molar-refractivity contribution in [1.82, 2.24) is 0 Å². The van der Waals surface area contributed by atoms with Crippen LogP contribution in [0.25, 0.3) is 0 Å². The molecule has 0 aliphatic heterocycles. The number of hydrogen-bond donors (Lipinski definition) is 1. The van der Waals surface area contributed by atoms with Crippen LogP contribution in [0.4, 0.5) is 11.4 Å². The van der Waals surface area contributed by atoms with Gasteiger partial charge >= 0.3 is 5.97 Å². The Morgan fingerprint density at radius 1 is 1.60 bits per heavy atom. The lowest BCUT2D eigenvalue weighted by atomic mass is 10.2. The molecule has 0 saturated carbocycles. The fourth-order valence-corrected chi connectivity index (χ4v) is 1.41. The minimum absolute atomic E-state index is 0.137. The zero-order valence-electron chi connectivity index (χ0n) is 11.0. The number of esters is 1. The van der Waals surface area contributed by atoms with Crippen LogP contribution in [0.2, 0.25) is 0 Å². The monoisotopic (exact) mass is 275 g/mol. The van der Waals surface area contributed by atoms with E-state index in [0.717, 1.165) is 11.8 Å². The van der Waals surface area contributed by atoms with Gasteiger partial charge in [-0.3, -0.25) is 10.1 Å². The third kappa shape index (κ3) is 3.81. The van der Waals surface area contributed by atoms with Gasteiger partial charge in [-0.2, -0.15) is 5.26 Å². The van der Waals surface area contributed by atoms with E-state index >= 15 is 0 Å². The van der Waals surface area contributed by atoms with Gasteiger partial charge in [0.2, 0.25) is 0 Å². The molecule has 1 rings (SSSR count). The molecule has 0 fully saturated rings. The highest BCUT2D eigenvalue weighted by molar-refractivity contribution is 5.93. The second-order valence-corrected chi connectivity index (χ2v) is 3.81. The number of anilines is 1. The third-order valence-electron chi connectivity index (χ3n) is 2.34. The second kappa shape index (κ2) is 6.89. The Labute approximate surface area is 115 Å². The molecule has 7 nitrogen and oxygen atoms in total. The van der Waals surface area contributed by atoms with Gasteiger partial charge in [-0.1, -0.05) is 6.07 Å². The summed E-state index contributed by atoms with van der Waals surface area (Å²) in [6.45, 7) is 3.49. The molecule has 0 saturated heterocycles. The topological polar surface area (TPSA) is 105 Å². The van der Waals surface area contributed by atoms with Crippen LogP contribution < -0.4 is 5.32 Å². The van der Waals surface area contributed by atoms with Gasteiger partial charge in [-0.15, -0.1) is 0 Å². The molecule has 0 heterocycles. The lowest BCUT2D eigenvalue weighted by Gasteiger charge is -2.04. The predicted octanol–water partition coefficient (Wildman–Crippen LogP) is 2.29. The molecule has 1 aromatic rings. The number of ether oxygens (including phenoxy) is 1. The molecule has 0 bridgehead atoms. The average molecular weight is 275 g/mol. The molecule has 0 aromatic heterocycles. The van der Waals surface area contributed by atoms with Gasteiger partial charge in [0.15, 0.2) is 5.57 Å². The Morgan fingerprint density at radius 3 is 2.85 bits per heavy atom. The van der Waals surface area contributed by atoms with E-state index in [1.807, 2.05) is 0 Å². The van der Waals surface area contributed by atoms with Crippen LogP contribution in [0.15, 0.2) is 30.0 Å². The van der Waals surface area contributed by atoms with Crippen LogP contribution >= 0.6 is 0 Å². The molecule has 0 spiro atoms. The van der Waals surface area contributed by atoms with E-state index in [9.17, 15) is 14.9 Å². The number of nitrogens with one attached hydrogen (secondary N) is 1. The van der Waals surface area contributed by atoms with Gasteiger partial charge in [0.25, 0.3) is 5.69 Å². The normalized spacial score (nSPS) is 10.6. The van der Waals surface area contributed by atoms with E-state index in [1.54, 1.807) is 26.0 Å². The molecule has 1 N–H and O–H groups in total. The highest BCUT2D eigenvalue weighted by atomic mass is 16.6. The maximum absolute atomic E-state index is 11.4. The number of nitriles is 1. The summed E-state index contributed by atoms with van der Waals surface area (Å²) >= 11 is 0. The van der Waals surface area contributed by atoms with E-state index < -0.39 is 10.9 Å². The maximum Gasteiger partial charge on any atom is 0.350 e. The molecular formula is C13H13N3O4. The Kier molecular flexibility index (Phi) is 5.23. The lowest BCUT2D eigenvalue weighted by Crippen LogP contribution is -2.08. The number of nitrogens with zero attached hydrogens (tertiary/aromatic N) is 2. The summed E-state index contributed by atoms with van der Waals surface area (Å²) in [4.78, 5) is 21.8. The van der Waals surface area contributed by atoms with Gasteiger partial charge in [-0.25, -0.2) is 4.79 Å². The van der Waals surface area contributed by atoms with Crippen LogP contribution in [-0.2, 0) is 9.53 Å². The van der Waals surface area contributed by atoms with Crippen molar-refractivity contribution in [3.05, 3.63) is 45.6 Å². The number of aryl methyl sites for hydroxylation is 1. The average Bonchev–Trinajstić information content (AvgIpc) is 2.41. The Morgan fingerprint density at radius 2 is 2.30 bits per heavy atom. The highest BCUT2D eigenvalue weighted by Gasteiger charge is 2.14. The molecule has 0 atom stereocenters. The number of rotatable bonds is 5. The number of hydrogen-bond acceptors (Lipinski definition) is 6. The van der Waals surface area contributed by atoms with Gasteiger partial charge in [-0.05, 0) is 25.5 Å². The van der Waals surface area contributed by atoms with Crippen molar-refractivity contribution in [3.63, 3.8) is 0 Å². The second-order valence-electron chi connectivity index (χ2n) is 3.81. The summed E-state index contributed by atoms with van der Waals surface area (Å²) in [5.74, 6) is -0.780. The van der Waals surface area contributed by atoms with Crippen LogP contribution in [0.1, 0.15) is 12.5 Å². The number of nitro groups is 1. The zero-order chi connectivity index (χ0) is 15.1. The molecule has 1 aromatic carbocycles. The first-order chi connectivity index (χ1) is 9.49. The number of carbonyl (C=O) groups is 1. The van der Waals surface area contributed by atoms with Crippen molar-refractivity contribution in [2.24, 2.45) is 0 Å². The molecule has 7 heteroatoms. The van der Waals surface area contributed by atoms with Crippen molar-refractivity contribution in [2.75, 3.05) is 11.9 Å². The quantitative estimate of drug-likeness (QED) is 0.290. The van der Waals surface area contributed by atoms with Crippen LogP contribution in [0.5, 0.6) is 0 Å². The number of benzene rings is 1. The SMILES string of the molecule is CCOC(=O)/C(C#N)=C/Nc1ccc(C)cc1[N+](=O)[O-]. The molecule has 0 amide bonds. The number of nitro benzene ring substituents is 1. The van der Waals surface area contributed by atoms with Gasteiger partial charge < -0.3 is 10.1 Å². The molecule has 0 aliphatic rings. The molecule has 0 aliphatic carbocycles. The van der Waals surface area contributed by atoms with Gasteiger partial charge in [0.05, 0.1) is 11.5 Å². The summed E-state index contributed by atoms with van der Waals surface area (Å²) in [5.41, 5.74) is 0.527. The molecule has 0 radical (unpaired) electrons. The first-order valence-corrected chi connectivity index (χ1v) is 5.78. The third-order valence-corrected chi connectivity index (χ3v) is 2.34. The van der Waals surface area contributed by atoms with Crippen molar-refractivity contribution in [3.8, 4) is 6.07 Å². The van der Waals surface area contributed by atoms with E-state index in [1.165, 1.54) is 12.1 Å². The smallest absolute Gasteiger partial charge is 0.350 e. The zero-order valence-corrected chi connectivity index (χ0v) is 11.0. The Bertz CT molecular complexity index is 602.